The Bertz CT molecular complexity index is 416. The molecule has 0 heterocycles. The largest absolute Gasteiger partial charge is 0.392 e. The molecule has 2 N–H and O–H groups in total. The molecular weight excluding hydrogens is 250 g/mol. The van der Waals surface area contributed by atoms with Gasteiger partial charge in [-0.2, -0.15) is 0 Å². The number of aliphatic hydroxyl groups excluding tert-OH is 1. The van der Waals surface area contributed by atoms with Crippen molar-refractivity contribution in [2.45, 2.75) is 37.9 Å². The average Bonchev–Trinajstić information content (AvgIpc) is 2.75. The van der Waals surface area contributed by atoms with Gasteiger partial charge in [0.25, 0.3) is 0 Å². The van der Waals surface area contributed by atoms with Crippen LogP contribution in [0.1, 0.15) is 31.2 Å². The second kappa shape index (κ2) is 5.47. The lowest BCUT2D eigenvalue weighted by molar-refractivity contribution is 0.0558. The van der Waals surface area contributed by atoms with Gasteiger partial charge in [0.1, 0.15) is 0 Å². The second-order valence-corrected chi connectivity index (χ2v) is 5.60. The van der Waals surface area contributed by atoms with E-state index in [0.717, 1.165) is 36.9 Å². The first-order valence-corrected chi connectivity index (χ1v) is 6.75. The van der Waals surface area contributed by atoms with E-state index in [1.54, 1.807) is 0 Å². The Balaban J connectivity index is 2.20. The molecule has 2 rings (SSSR count). The van der Waals surface area contributed by atoms with Gasteiger partial charge < -0.3 is 15.1 Å². The predicted molar refractivity (Wildman–Crippen MR) is 74.1 cm³/mol. The fourth-order valence-electron chi connectivity index (χ4n) is 2.83. The molecule has 1 saturated carbocycles. The third kappa shape index (κ3) is 2.79. The lowest BCUT2D eigenvalue weighted by Crippen LogP contribution is -2.39. The molecule has 1 aliphatic carbocycles. The summed E-state index contributed by atoms with van der Waals surface area (Å²) < 4.78 is 0. The predicted octanol–water partition coefficient (Wildman–Crippen LogP) is 2.57. The standard InChI is InChI=1S/C14H20ClNO2/c1-16(10-14(18)7-2-3-8-14)13-11(9-17)5-4-6-12(13)15/h4-6,17-18H,2-3,7-10H2,1H3. The lowest BCUT2D eigenvalue weighted by Gasteiger charge is -2.31. The molecule has 0 spiro atoms. The van der Waals surface area contributed by atoms with Crippen molar-refractivity contribution in [3.63, 3.8) is 0 Å². The molecule has 0 atom stereocenters. The van der Waals surface area contributed by atoms with Crippen LogP contribution >= 0.6 is 11.6 Å². The molecule has 3 nitrogen and oxygen atoms in total. The molecule has 0 unspecified atom stereocenters. The van der Waals surface area contributed by atoms with Crippen LogP contribution in [-0.2, 0) is 6.61 Å². The highest BCUT2D eigenvalue weighted by molar-refractivity contribution is 6.33. The molecule has 0 radical (unpaired) electrons. The zero-order valence-corrected chi connectivity index (χ0v) is 11.5. The SMILES string of the molecule is CN(CC1(O)CCCC1)c1c(Cl)cccc1CO. The van der Waals surface area contributed by atoms with E-state index < -0.39 is 5.60 Å². The number of hydrogen-bond donors (Lipinski definition) is 2. The summed E-state index contributed by atoms with van der Waals surface area (Å²) in [4.78, 5) is 1.96. The molecule has 100 valence electrons. The summed E-state index contributed by atoms with van der Waals surface area (Å²) in [5.41, 5.74) is 1.01. The molecule has 0 aromatic heterocycles. The van der Waals surface area contributed by atoms with Crippen molar-refractivity contribution in [2.75, 3.05) is 18.5 Å². The van der Waals surface area contributed by atoms with Crippen LogP contribution in [0.4, 0.5) is 5.69 Å². The van der Waals surface area contributed by atoms with Crippen LogP contribution in [0.25, 0.3) is 0 Å². The molecule has 0 saturated heterocycles. The highest BCUT2D eigenvalue weighted by Crippen LogP contribution is 2.34. The number of hydrogen-bond acceptors (Lipinski definition) is 3. The summed E-state index contributed by atoms with van der Waals surface area (Å²) in [5.74, 6) is 0. The maximum absolute atomic E-state index is 10.4. The number of anilines is 1. The lowest BCUT2D eigenvalue weighted by atomic mass is 10.0. The van der Waals surface area contributed by atoms with Gasteiger partial charge in [0.15, 0.2) is 0 Å². The number of nitrogens with zero attached hydrogens (tertiary/aromatic N) is 1. The highest BCUT2D eigenvalue weighted by atomic mass is 35.5. The topological polar surface area (TPSA) is 43.7 Å². The van der Waals surface area contributed by atoms with Crippen LogP contribution < -0.4 is 4.90 Å². The first kappa shape index (κ1) is 13.7. The summed E-state index contributed by atoms with van der Waals surface area (Å²) in [6.45, 7) is 0.516. The Hall–Kier alpha value is -0.770. The molecule has 1 aromatic carbocycles. The van der Waals surface area contributed by atoms with Crippen molar-refractivity contribution >= 4 is 17.3 Å². The van der Waals surface area contributed by atoms with Crippen molar-refractivity contribution in [3.8, 4) is 0 Å². The van der Waals surface area contributed by atoms with Gasteiger partial charge in [-0.25, -0.2) is 0 Å². The number of likely N-dealkylation sites (N-methyl/N-ethyl adjacent to an activating group) is 1. The van der Waals surface area contributed by atoms with Gasteiger partial charge in [-0.15, -0.1) is 0 Å². The van der Waals surface area contributed by atoms with Gasteiger partial charge in [0.05, 0.1) is 22.9 Å². The third-order valence-electron chi connectivity index (χ3n) is 3.69. The summed E-state index contributed by atoms with van der Waals surface area (Å²) in [6, 6.07) is 5.50. The molecule has 0 bridgehead atoms. The maximum Gasteiger partial charge on any atom is 0.0821 e. The Kier molecular flexibility index (Phi) is 4.15. The van der Waals surface area contributed by atoms with Crippen molar-refractivity contribution in [1.82, 2.24) is 0 Å². The summed E-state index contributed by atoms with van der Waals surface area (Å²) >= 11 is 6.20. The van der Waals surface area contributed by atoms with Crippen LogP contribution in [0.2, 0.25) is 5.02 Å². The minimum absolute atomic E-state index is 0.0430. The fourth-order valence-corrected chi connectivity index (χ4v) is 3.17. The maximum atomic E-state index is 10.4. The van der Waals surface area contributed by atoms with E-state index >= 15 is 0 Å². The molecule has 0 amide bonds. The zero-order valence-electron chi connectivity index (χ0n) is 10.7. The van der Waals surface area contributed by atoms with Crippen LogP contribution in [0.15, 0.2) is 18.2 Å². The summed E-state index contributed by atoms with van der Waals surface area (Å²) in [6.07, 6.45) is 3.85. The van der Waals surface area contributed by atoms with E-state index in [1.807, 2.05) is 30.1 Å². The van der Waals surface area contributed by atoms with Gasteiger partial charge in [-0.05, 0) is 18.9 Å². The molecule has 1 fully saturated rings. The molecule has 18 heavy (non-hydrogen) atoms. The Morgan fingerprint density at radius 1 is 1.33 bits per heavy atom. The van der Waals surface area contributed by atoms with E-state index in [4.69, 9.17) is 11.6 Å². The second-order valence-electron chi connectivity index (χ2n) is 5.19. The first-order valence-electron chi connectivity index (χ1n) is 6.37. The number of aliphatic hydroxyl groups is 2. The normalized spacial score (nSPS) is 18.0. The fraction of sp³-hybridized carbons (Fsp3) is 0.571. The van der Waals surface area contributed by atoms with Gasteiger partial charge in [0, 0.05) is 19.2 Å². The van der Waals surface area contributed by atoms with Gasteiger partial charge >= 0.3 is 0 Å². The third-order valence-corrected chi connectivity index (χ3v) is 3.99. The molecule has 1 aromatic rings. The molecular formula is C14H20ClNO2. The quantitative estimate of drug-likeness (QED) is 0.883. The van der Waals surface area contributed by atoms with Crippen molar-refractivity contribution in [2.24, 2.45) is 0 Å². The summed E-state index contributed by atoms with van der Waals surface area (Å²) in [7, 11) is 1.91. The minimum Gasteiger partial charge on any atom is -0.392 e. The zero-order chi connectivity index (χ0) is 13.2. The van der Waals surface area contributed by atoms with Crippen LogP contribution in [-0.4, -0.2) is 29.4 Å². The smallest absolute Gasteiger partial charge is 0.0821 e. The van der Waals surface area contributed by atoms with Gasteiger partial charge in [-0.1, -0.05) is 36.6 Å². The number of halogens is 1. The van der Waals surface area contributed by atoms with Crippen LogP contribution in [0.5, 0.6) is 0 Å². The van der Waals surface area contributed by atoms with Crippen LogP contribution in [0, 0.1) is 0 Å². The van der Waals surface area contributed by atoms with Crippen LogP contribution in [0.3, 0.4) is 0 Å². The minimum atomic E-state index is -0.610. The van der Waals surface area contributed by atoms with Gasteiger partial charge in [0.2, 0.25) is 0 Å². The molecule has 1 aliphatic rings. The van der Waals surface area contributed by atoms with E-state index in [2.05, 4.69) is 0 Å². The van der Waals surface area contributed by atoms with Crippen molar-refractivity contribution < 1.29 is 10.2 Å². The Labute approximate surface area is 113 Å². The average molecular weight is 270 g/mol. The Morgan fingerprint density at radius 3 is 2.61 bits per heavy atom. The monoisotopic (exact) mass is 269 g/mol. The highest BCUT2D eigenvalue weighted by Gasteiger charge is 2.33. The molecule has 0 aliphatic heterocycles. The van der Waals surface area contributed by atoms with Gasteiger partial charge in [-0.3, -0.25) is 0 Å². The van der Waals surface area contributed by atoms with E-state index in [-0.39, 0.29) is 6.61 Å². The first-order chi connectivity index (χ1) is 8.56. The summed E-state index contributed by atoms with van der Waals surface area (Å²) in [5, 5.41) is 20.4. The van der Waals surface area contributed by atoms with Crippen molar-refractivity contribution in [3.05, 3.63) is 28.8 Å². The molecule has 4 heteroatoms. The number of para-hydroxylation sites is 1. The van der Waals surface area contributed by atoms with E-state index in [9.17, 15) is 10.2 Å². The van der Waals surface area contributed by atoms with E-state index in [0.29, 0.717) is 11.6 Å². The van der Waals surface area contributed by atoms with Crippen molar-refractivity contribution in [1.29, 1.82) is 0 Å². The number of benzene rings is 1. The van der Waals surface area contributed by atoms with E-state index in [1.165, 1.54) is 0 Å². The number of rotatable bonds is 4. The Morgan fingerprint density at radius 2 is 2.00 bits per heavy atom.